The van der Waals surface area contributed by atoms with Gasteiger partial charge in [0.2, 0.25) is 0 Å². The summed E-state index contributed by atoms with van der Waals surface area (Å²) in [5.74, 6) is 0.451. The number of halogens is 3. The van der Waals surface area contributed by atoms with Crippen LogP contribution in [-0.4, -0.2) is 28.0 Å². The second kappa shape index (κ2) is 25.7. The number of ether oxygens (including phenoxy) is 1. The summed E-state index contributed by atoms with van der Waals surface area (Å²) >= 11 is 10.1. The van der Waals surface area contributed by atoms with E-state index in [1.54, 1.807) is 18.2 Å². The Morgan fingerprint density at radius 2 is 1.35 bits per heavy atom. The second-order valence-electron chi connectivity index (χ2n) is 10.1. The summed E-state index contributed by atoms with van der Waals surface area (Å²) in [4.78, 5) is 53.0. The first-order valence-electron chi connectivity index (χ1n) is 14.5. The number of hydrogen-bond donors (Lipinski definition) is 1. The van der Waals surface area contributed by atoms with Crippen molar-refractivity contribution in [3.63, 3.8) is 0 Å². The van der Waals surface area contributed by atoms with Crippen molar-refractivity contribution in [2.24, 2.45) is 0 Å². The molecule has 0 saturated carbocycles. The van der Waals surface area contributed by atoms with Crippen LogP contribution >= 0.6 is 47.8 Å². The van der Waals surface area contributed by atoms with Gasteiger partial charge in [-0.2, -0.15) is 0 Å². The van der Waals surface area contributed by atoms with E-state index in [-0.39, 0.29) is 128 Å². The number of aromatic nitrogens is 2. The standard InChI is InChI=1S/C18H14BrNO2.C11H8BrNO2.C7H7Br.CH2O3.2K.H/c1-12(21)17-10-18(22-11-13-5-3-2-4-6-13)15-9-14(19)7-8-16(15)20-17;1-6(14)10-5-11(15)8-4-7(12)2-3-9(8)13-10;8-6-7-4-2-1-3-5-7;2-1-4-3;;;/h2-10H,11H2,1H3;2-5H,1H3,(H,13,15);1-5H,6H2;1,3H;;;/q;;;;2*+1;-1/p-1. The van der Waals surface area contributed by atoms with Gasteiger partial charge in [0.25, 0.3) is 6.47 Å². The molecule has 0 fully saturated rings. The molecule has 6 aromatic rings. The van der Waals surface area contributed by atoms with Gasteiger partial charge >= 0.3 is 103 Å². The van der Waals surface area contributed by atoms with E-state index in [2.05, 4.69) is 74.8 Å². The smallest absolute Gasteiger partial charge is 1.00 e. The number of carbonyl (C=O) groups is 3. The third kappa shape index (κ3) is 16.4. The van der Waals surface area contributed by atoms with Gasteiger partial charge in [0.05, 0.1) is 11.2 Å². The molecular weight excluding hydrogens is 902 g/mol. The number of rotatable bonds is 7. The van der Waals surface area contributed by atoms with Crippen LogP contribution in [0.5, 0.6) is 5.75 Å². The average molecular weight is 934 g/mol. The normalized spacial score (nSPS) is 9.53. The zero-order chi connectivity index (χ0) is 35.8. The number of Topliss-reactive ketones (excluding diaryl/α,β-unsaturated/α-hetero) is 2. The van der Waals surface area contributed by atoms with Crippen molar-refractivity contribution < 1.29 is 133 Å². The Morgan fingerprint density at radius 3 is 1.86 bits per heavy atom. The molecule has 0 aliphatic carbocycles. The van der Waals surface area contributed by atoms with Gasteiger partial charge in [-0.3, -0.25) is 19.2 Å². The maximum atomic E-state index is 11.7. The number of fused-ring (bicyclic) bond motifs is 2. The molecule has 0 amide bonds. The van der Waals surface area contributed by atoms with E-state index in [0.717, 1.165) is 30.7 Å². The third-order valence-electron chi connectivity index (χ3n) is 6.54. The van der Waals surface area contributed by atoms with Crippen LogP contribution in [0.15, 0.2) is 123 Å². The maximum Gasteiger partial charge on any atom is 1.00 e. The zero-order valence-electron chi connectivity index (χ0n) is 29.3. The van der Waals surface area contributed by atoms with Crippen molar-refractivity contribution in [1.29, 1.82) is 0 Å². The van der Waals surface area contributed by atoms with Crippen LogP contribution in [0.4, 0.5) is 0 Å². The summed E-state index contributed by atoms with van der Waals surface area (Å²) in [6.45, 7) is 3.20. The fourth-order valence-electron chi connectivity index (χ4n) is 4.18. The van der Waals surface area contributed by atoms with Crippen LogP contribution in [0.1, 0.15) is 47.4 Å². The predicted molar refractivity (Wildman–Crippen MR) is 200 cm³/mol. The van der Waals surface area contributed by atoms with Crippen LogP contribution in [0.25, 0.3) is 21.8 Å². The molecule has 9 nitrogen and oxygen atoms in total. The van der Waals surface area contributed by atoms with Crippen LogP contribution in [0, 0.1) is 0 Å². The Kier molecular flexibility index (Phi) is 24.1. The third-order valence-corrected chi connectivity index (χ3v) is 8.17. The van der Waals surface area contributed by atoms with Crippen molar-refractivity contribution in [2.75, 3.05) is 0 Å². The first kappa shape index (κ1) is 47.8. The Balaban J connectivity index is 0.000000753. The second-order valence-corrected chi connectivity index (χ2v) is 12.5. The number of ketones is 2. The summed E-state index contributed by atoms with van der Waals surface area (Å²) in [5, 5.41) is 10.8. The summed E-state index contributed by atoms with van der Waals surface area (Å²) in [7, 11) is 0. The van der Waals surface area contributed by atoms with Gasteiger partial charge in [-0.05, 0) is 47.5 Å². The van der Waals surface area contributed by atoms with E-state index >= 15 is 0 Å². The molecule has 254 valence electrons. The molecule has 51 heavy (non-hydrogen) atoms. The van der Waals surface area contributed by atoms with Gasteiger partial charge in [-0.15, -0.1) is 0 Å². The molecule has 4 aromatic carbocycles. The number of pyridine rings is 2. The number of H-pyrrole nitrogens is 1. The number of nitrogens with one attached hydrogen (secondary N) is 1. The first-order chi connectivity index (χ1) is 23.6. The molecule has 14 heteroatoms. The zero-order valence-corrected chi connectivity index (χ0v) is 39.3. The van der Waals surface area contributed by atoms with E-state index < -0.39 is 0 Å². The topological polar surface area (TPSA) is 138 Å². The van der Waals surface area contributed by atoms with E-state index in [9.17, 15) is 14.4 Å². The van der Waals surface area contributed by atoms with E-state index in [4.69, 9.17) is 14.8 Å². The van der Waals surface area contributed by atoms with Gasteiger partial charge in [-0.25, -0.2) is 4.98 Å². The largest absolute Gasteiger partial charge is 1.00 e. The molecule has 0 saturated heterocycles. The number of alkyl halides is 1. The molecule has 0 atom stereocenters. The van der Waals surface area contributed by atoms with Gasteiger partial charge in [0.1, 0.15) is 18.1 Å². The van der Waals surface area contributed by atoms with Crippen molar-refractivity contribution in [2.45, 2.75) is 25.8 Å². The monoisotopic (exact) mass is 930 g/mol. The SMILES string of the molecule is BrCc1ccccc1.CC(=O)c1cc(=O)c2cc(Br)ccc2[nH]1.CC(=O)c1cc(OCc2ccccc2)c2cc(Br)ccc2n1.O=CO[O-].[H-].[K+].[K+]. The van der Waals surface area contributed by atoms with Crippen molar-refractivity contribution in [3.05, 3.63) is 151 Å². The van der Waals surface area contributed by atoms with E-state index in [1.165, 1.54) is 25.5 Å². The number of benzene rings is 4. The Bertz CT molecular complexity index is 2090. The van der Waals surface area contributed by atoms with E-state index in [0.29, 0.717) is 34.6 Å². The molecule has 2 heterocycles. The van der Waals surface area contributed by atoms with Crippen LogP contribution in [0.2, 0.25) is 0 Å². The molecule has 0 bridgehead atoms. The predicted octanol–water partition coefficient (Wildman–Crippen LogP) is 2.41. The Labute approximate surface area is 407 Å². The maximum absolute atomic E-state index is 11.7. The fourth-order valence-corrected chi connectivity index (χ4v) is 5.27. The fraction of sp³-hybridized carbons (Fsp3) is 0.108. The molecule has 2 aromatic heterocycles. The summed E-state index contributed by atoms with van der Waals surface area (Å²) < 4.78 is 7.73. The Morgan fingerprint density at radius 1 is 0.804 bits per heavy atom. The molecule has 1 N–H and O–H groups in total. The molecule has 0 aliphatic rings. The molecule has 6 rings (SSSR count). The van der Waals surface area contributed by atoms with Crippen molar-refractivity contribution >= 4 is 87.6 Å². The number of aromatic amines is 1. The first-order valence-corrected chi connectivity index (χ1v) is 17.2. The average Bonchev–Trinajstić information content (AvgIpc) is 3.12. The summed E-state index contributed by atoms with van der Waals surface area (Å²) in [5.41, 5.74) is 4.44. The number of carbonyl (C=O) groups excluding carboxylic acids is 3. The minimum absolute atomic E-state index is 0. The van der Waals surface area contributed by atoms with Gasteiger partial charge < -0.3 is 21.3 Å². The summed E-state index contributed by atoms with van der Waals surface area (Å²) in [6, 6.07) is 34.3. The molecule has 0 aliphatic heterocycles. The van der Waals surface area contributed by atoms with Crippen molar-refractivity contribution in [3.8, 4) is 5.75 Å². The van der Waals surface area contributed by atoms with Crippen LogP contribution < -0.4 is 118 Å². The van der Waals surface area contributed by atoms with E-state index in [1.807, 2.05) is 72.8 Å². The van der Waals surface area contributed by atoms with Gasteiger partial charge in [0, 0.05) is 56.5 Å². The Hall–Kier alpha value is -1.22. The molecule has 0 spiro atoms. The number of nitrogens with zero attached hydrogens (tertiary/aromatic N) is 1. The minimum Gasteiger partial charge on any atom is -1.00 e. The van der Waals surface area contributed by atoms with Crippen LogP contribution in [-0.2, 0) is 21.6 Å². The molecule has 0 unspecified atom stereocenters. The van der Waals surface area contributed by atoms with Gasteiger partial charge in [-0.1, -0.05) is 108 Å². The molecular formula is C37H31Br3K2N2O7. The van der Waals surface area contributed by atoms with Gasteiger partial charge in [0.15, 0.2) is 17.0 Å². The molecule has 0 radical (unpaired) electrons. The van der Waals surface area contributed by atoms with Crippen molar-refractivity contribution in [1.82, 2.24) is 9.97 Å². The minimum atomic E-state index is -0.181. The number of hydrogen-bond acceptors (Lipinski definition) is 8. The van der Waals surface area contributed by atoms with Crippen LogP contribution in [0.3, 0.4) is 0 Å². The summed E-state index contributed by atoms with van der Waals surface area (Å²) in [6.07, 6.45) is 0. The quantitative estimate of drug-likeness (QED) is 0.0645.